The van der Waals surface area contributed by atoms with Gasteiger partial charge < -0.3 is 5.11 Å². The maximum atomic E-state index is 12.3. The summed E-state index contributed by atoms with van der Waals surface area (Å²) in [4.78, 5) is 4.14. The molecule has 0 aliphatic carbocycles. The highest BCUT2D eigenvalue weighted by atomic mass is 32.2. The van der Waals surface area contributed by atoms with E-state index in [1.807, 2.05) is 19.9 Å². The van der Waals surface area contributed by atoms with Gasteiger partial charge in [0.2, 0.25) is 10.0 Å². The first-order chi connectivity index (χ1) is 9.94. The molecule has 0 atom stereocenters. The van der Waals surface area contributed by atoms with Crippen molar-refractivity contribution in [1.29, 1.82) is 0 Å². The molecule has 1 heterocycles. The number of hydrogen-bond acceptors (Lipinski definition) is 4. The van der Waals surface area contributed by atoms with Crippen LogP contribution in [0.15, 0.2) is 41.6 Å². The number of aromatic nitrogens is 1. The summed E-state index contributed by atoms with van der Waals surface area (Å²) < 4.78 is 27.1. The standard InChI is InChI=1S/C15H18N2O3S/c1-11-3-4-15(7-13(11)10-18)21(19,20)17-9-14-8-16-6-5-12(14)2/h3-8,17-18H,9-10H2,1-2H3. The van der Waals surface area contributed by atoms with E-state index in [4.69, 9.17) is 0 Å². The zero-order valence-corrected chi connectivity index (χ0v) is 12.8. The van der Waals surface area contributed by atoms with Crippen LogP contribution in [-0.4, -0.2) is 18.5 Å². The maximum Gasteiger partial charge on any atom is 0.240 e. The third-order valence-electron chi connectivity index (χ3n) is 3.40. The van der Waals surface area contributed by atoms with Crippen LogP contribution in [-0.2, 0) is 23.2 Å². The van der Waals surface area contributed by atoms with Crippen molar-refractivity contribution in [3.8, 4) is 0 Å². The molecule has 5 nitrogen and oxygen atoms in total. The third kappa shape index (κ3) is 3.66. The summed E-state index contributed by atoms with van der Waals surface area (Å²) in [5.74, 6) is 0. The monoisotopic (exact) mass is 306 g/mol. The summed E-state index contributed by atoms with van der Waals surface area (Å²) in [7, 11) is -3.61. The molecule has 1 aromatic heterocycles. The van der Waals surface area contributed by atoms with E-state index in [1.54, 1.807) is 18.5 Å². The minimum absolute atomic E-state index is 0.152. The van der Waals surface area contributed by atoms with Gasteiger partial charge in [-0.3, -0.25) is 4.98 Å². The summed E-state index contributed by atoms with van der Waals surface area (Å²) >= 11 is 0. The second kappa shape index (κ2) is 6.34. The number of pyridine rings is 1. The Labute approximate surface area is 124 Å². The Morgan fingerprint density at radius 2 is 1.86 bits per heavy atom. The summed E-state index contributed by atoms with van der Waals surface area (Å²) in [6, 6.07) is 6.55. The van der Waals surface area contributed by atoms with Gasteiger partial charge >= 0.3 is 0 Å². The number of aliphatic hydroxyl groups is 1. The van der Waals surface area contributed by atoms with E-state index in [1.165, 1.54) is 12.1 Å². The molecular formula is C15H18N2O3S. The van der Waals surface area contributed by atoms with Crippen LogP contribution in [0, 0.1) is 13.8 Å². The summed E-state index contributed by atoms with van der Waals surface area (Å²) in [6.45, 7) is 3.73. The van der Waals surface area contributed by atoms with E-state index < -0.39 is 10.0 Å². The van der Waals surface area contributed by atoms with Crippen LogP contribution >= 0.6 is 0 Å². The normalized spacial score (nSPS) is 11.6. The van der Waals surface area contributed by atoms with Gasteiger partial charge in [0, 0.05) is 18.9 Å². The lowest BCUT2D eigenvalue weighted by molar-refractivity contribution is 0.280. The van der Waals surface area contributed by atoms with E-state index in [-0.39, 0.29) is 18.0 Å². The fraction of sp³-hybridized carbons (Fsp3) is 0.267. The minimum Gasteiger partial charge on any atom is -0.392 e. The van der Waals surface area contributed by atoms with Crippen molar-refractivity contribution in [1.82, 2.24) is 9.71 Å². The van der Waals surface area contributed by atoms with Gasteiger partial charge in [-0.15, -0.1) is 0 Å². The first-order valence-electron chi connectivity index (χ1n) is 6.53. The summed E-state index contributed by atoms with van der Waals surface area (Å²) in [6.07, 6.45) is 3.31. The highest BCUT2D eigenvalue weighted by Gasteiger charge is 2.15. The fourth-order valence-electron chi connectivity index (χ4n) is 1.92. The number of aryl methyl sites for hydroxylation is 2. The predicted molar refractivity (Wildman–Crippen MR) is 80.1 cm³/mol. The van der Waals surface area contributed by atoms with Crippen LogP contribution < -0.4 is 4.72 Å². The zero-order valence-electron chi connectivity index (χ0n) is 12.0. The van der Waals surface area contributed by atoms with E-state index >= 15 is 0 Å². The quantitative estimate of drug-likeness (QED) is 0.880. The molecule has 0 radical (unpaired) electrons. The first-order valence-corrected chi connectivity index (χ1v) is 8.02. The van der Waals surface area contributed by atoms with Crippen molar-refractivity contribution >= 4 is 10.0 Å². The smallest absolute Gasteiger partial charge is 0.240 e. The molecule has 21 heavy (non-hydrogen) atoms. The van der Waals surface area contributed by atoms with Crippen LogP contribution in [0.2, 0.25) is 0 Å². The Morgan fingerprint density at radius 3 is 2.52 bits per heavy atom. The largest absolute Gasteiger partial charge is 0.392 e. The van der Waals surface area contributed by atoms with Gasteiger partial charge in [-0.1, -0.05) is 6.07 Å². The molecule has 2 rings (SSSR count). The highest BCUT2D eigenvalue weighted by molar-refractivity contribution is 7.89. The number of aliphatic hydroxyl groups excluding tert-OH is 1. The highest BCUT2D eigenvalue weighted by Crippen LogP contribution is 2.16. The summed E-state index contributed by atoms with van der Waals surface area (Å²) in [5.41, 5.74) is 3.28. The van der Waals surface area contributed by atoms with Crippen molar-refractivity contribution in [2.24, 2.45) is 0 Å². The summed E-state index contributed by atoms with van der Waals surface area (Å²) in [5, 5.41) is 9.23. The van der Waals surface area contributed by atoms with Crippen LogP contribution in [0.4, 0.5) is 0 Å². The Balaban J connectivity index is 2.21. The molecule has 6 heteroatoms. The Hall–Kier alpha value is -1.76. The Morgan fingerprint density at radius 1 is 1.14 bits per heavy atom. The van der Waals surface area contributed by atoms with E-state index in [0.29, 0.717) is 5.56 Å². The van der Waals surface area contributed by atoms with Crippen molar-refractivity contribution in [3.63, 3.8) is 0 Å². The molecule has 2 aromatic rings. The topological polar surface area (TPSA) is 79.3 Å². The number of rotatable bonds is 5. The molecule has 0 aliphatic heterocycles. The van der Waals surface area contributed by atoms with Crippen LogP contribution in [0.5, 0.6) is 0 Å². The minimum atomic E-state index is -3.61. The Bertz CT molecular complexity index is 742. The lowest BCUT2D eigenvalue weighted by atomic mass is 10.1. The number of sulfonamides is 1. The maximum absolute atomic E-state index is 12.3. The SMILES string of the molecule is Cc1ccc(S(=O)(=O)NCc2cnccc2C)cc1CO. The van der Waals surface area contributed by atoms with Crippen molar-refractivity contribution in [3.05, 3.63) is 58.9 Å². The molecule has 112 valence electrons. The van der Waals surface area contributed by atoms with Crippen molar-refractivity contribution in [2.45, 2.75) is 31.9 Å². The predicted octanol–water partition coefficient (Wildman–Crippen LogP) is 1.67. The molecule has 0 amide bonds. The molecule has 0 aliphatic rings. The van der Waals surface area contributed by atoms with E-state index in [0.717, 1.165) is 16.7 Å². The third-order valence-corrected chi connectivity index (χ3v) is 4.80. The van der Waals surface area contributed by atoms with Gasteiger partial charge in [0.15, 0.2) is 0 Å². The van der Waals surface area contributed by atoms with Crippen LogP contribution in [0.3, 0.4) is 0 Å². The fourth-order valence-corrected chi connectivity index (χ4v) is 2.98. The molecule has 0 saturated heterocycles. The molecule has 0 unspecified atom stereocenters. The van der Waals surface area contributed by atoms with Crippen LogP contribution in [0.1, 0.15) is 22.3 Å². The number of benzene rings is 1. The number of nitrogens with zero attached hydrogens (tertiary/aromatic N) is 1. The van der Waals surface area contributed by atoms with Gasteiger partial charge in [0.05, 0.1) is 11.5 Å². The van der Waals surface area contributed by atoms with Gasteiger partial charge in [0.25, 0.3) is 0 Å². The number of nitrogens with one attached hydrogen (secondary N) is 1. The lowest BCUT2D eigenvalue weighted by Crippen LogP contribution is -2.24. The van der Waals surface area contributed by atoms with Crippen LogP contribution in [0.25, 0.3) is 0 Å². The zero-order chi connectivity index (χ0) is 15.5. The molecule has 0 spiro atoms. The lowest BCUT2D eigenvalue weighted by Gasteiger charge is -2.10. The molecular weight excluding hydrogens is 288 g/mol. The molecule has 0 saturated carbocycles. The first kappa shape index (κ1) is 15.6. The molecule has 2 N–H and O–H groups in total. The van der Waals surface area contributed by atoms with Gasteiger partial charge in [-0.25, -0.2) is 13.1 Å². The van der Waals surface area contributed by atoms with Gasteiger partial charge in [-0.2, -0.15) is 0 Å². The van der Waals surface area contributed by atoms with Crippen molar-refractivity contribution < 1.29 is 13.5 Å². The molecule has 0 fully saturated rings. The average molecular weight is 306 g/mol. The Kier molecular flexibility index (Phi) is 4.72. The molecule has 1 aromatic carbocycles. The second-order valence-electron chi connectivity index (χ2n) is 4.87. The van der Waals surface area contributed by atoms with E-state index in [2.05, 4.69) is 9.71 Å². The van der Waals surface area contributed by atoms with Gasteiger partial charge in [-0.05, 0) is 54.3 Å². The number of hydrogen-bond donors (Lipinski definition) is 2. The second-order valence-corrected chi connectivity index (χ2v) is 6.64. The van der Waals surface area contributed by atoms with Gasteiger partial charge in [0.1, 0.15) is 0 Å². The molecule has 0 bridgehead atoms. The average Bonchev–Trinajstić information content (AvgIpc) is 2.46. The van der Waals surface area contributed by atoms with Crippen molar-refractivity contribution in [2.75, 3.05) is 0 Å². The van der Waals surface area contributed by atoms with E-state index in [9.17, 15) is 13.5 Å².